The molecule has 1 unspecified atom stereocenters. The molecule has 1 fully saturated rings. The zero-order valence-electron chi connectivity index (χ0n) is 11.4. The van der Waals surface area contributed by atoms with E-state index in [4.69, 9.17) is 4.74 Å². The summed E-state index contributed by atoms with van der Waals surface area (Å²) in [6.45, 7) is 1.85. The van der Waals surface area contributed by atoms with Crippen LogP contribution in [0.4, 0.5) is 0 Å². The highest BCUT2D eigenvalue weighted by molar-refractivity contribution is 9.10. The van der Waals surface area contributed by atoms with Gasteiger partial charge in [0.25, 0.3) is 0 Å². The lowest BCUT2D eigenvalue weighted by atomic mass is 10.1. The van der Waals surface area contributed by atoms with E-state index in [2.05, 4.69) is 26.0 Å². The predicted molar refractivity (Wildman–Crippen MR) is 81.1 cm³/mol. The molecule has 1 aromatic rings. The highest BCUT2D eigenvalue weighted by atomic mass is 79.9. The van der Waals surface area contributed by atoms with Crippen molar-refractivity contribution >= 4 is 26.0 Å². The molecular formula is C13H19BrN2O3S. The van der Waals surface area contributed by atoms with Gasteiger partial charge in [-0.1, -0.05) is 6.07 Å². The van der Waals surface area contributed by atoms with Gasteiger partial charge in [0.15, 0.2) is 0 Å². The van der Waals surface area contributed by atoms with Crippen molar-refractivity contribution in [2.24, 2.45) is 0 Å². The molecule has 0 aromatic heterocycles. The minimum absolute atomic E-state index is 0.141. The van der Waals surface area contributed by atoms with E-state index in [1.807, 2.05) is 19.2 Å². The number of hydrogen-bond donors (Lipinski definition) is 2. The van der Waals surface area contributed by atoms with Crippen molar-refractivity contribution in [3.05, 3.63) is 28.2 Å². The van der Waals surface area contributed by atoms with Gasteiger partial charge in [-0.2, -0.15) is 0 Å². The Balaban J connectivity index is 2.16. The van der Waals surface area contributed by atoms with Gasteiger partial charge in [-0.15, -0.1) is 0 Å². The Morgan fingerprint density at radius 1 is 1.45 bits per heavy atom. The third kappa shape index (κ3) is 4.02. The Kier molecular flexibility index (Phi) is 5.57. The minimum Gasteiger partial charge on any atom is -0.380 e. The Bertz CT molecular complexity index is 557. The number of nitrogens with one attached hydrogen (secondary N) is 2. The molecule has 7 heteroatoms. The van der Waals surface area contributed by atoms with Gasteiger partial charge >= 0.3 is 0 Å². The van der Waals surface area contributed by atoms with Crippen molar-refractivity contribution in [1.29, 1.82) is 0 Å². The van der Waals surface area contributed by atoms with Crippen molar-refractivity contribution in [1.82, 2.24) is 10.0 Å². The molecule has 2 N–H and O–H groups in total. The van der Waals surface area contributed by atoms with Crippen LogP contribution in [0.1, 0.15) is 18.4 Å². The van der Waals surface area contributed by atoms with Crippen LogP contribution in [0.5, 0.6) is 0 Å². The fourth-order valence-corrected chi connectivity index (χ4v) is 4.57. The molecule has 1 saturated heterocycles. The third-order valence-corrected chi connectivity index (χ3v) is 5.65. The molecule has 0 amide bonds. The molecule has 0 saturated carbocycles. The van der Waals surface area contributed by atoms with Gasteiger partial charge in [0, 0.05) is 23.7 Å². The Labute approximate surface area is 128 Å². The molecule has 0 aliphatic carbocycles. The van der Waals surface area contributed by atoms with Crippen molar-refractivity contribution in [2.45, 2.75) is 30.3 Å². The molecule has 1 aliphatic rings. The standard InChI is InChI=1S/C13H19BrN2O3S/c1-15-8-10-4-5-13(12(14)7-10)20(17,18)16-11-3-2-6-19-9-11/h4-5,7,11,15-16H,2-3,6,8-9H2,1H3. The first-order valence-corrected chi connectivity index (χ1v) is 8.83. The molecule has 20 heavy (non-hydrogen) atoms. The summed E-state index contributed by atoms with van der Waals surface area (Å²) in [5, 5.41) is 3.03. The molecule has 0 radical (unpaired) electrons. The number of benzene rings is 1. The first kappa shape index (κ1) is 15.9. The largest absolute Gasteiger partial charge is 0.380 e. The van der Waals surface area contributed by atoms with Crippen molar-refractivity contribution in [3.8, 4) is 0 Å². The van der Waals surface area contributed by atoms with Crippen LogP contribution in [-0.2, 0) is 21.3 Å². The quantitative estimate of drug-likeness (QED) is 0.835. The molecule has 112 valence electrons. The van der Waals surface area contributed by atoms with E-state index >= 15 is 0 Å². The van der Waals surface area contributed by atoms with Gasteiger partial charge in [-0.05, 0) is 53.5 Å². The van der Waals surface area contributed by atoms with Crippen LogP contribution in [0.15, 0.2) is 27.6 Å². The van der Waals surface area contributed by atoms with Gasteiger partial charge in [-0.3, -0.25) is 0 Å². The van der Waals surface area contributed by atoms with Crippen molar-refractivity contribution < 1.29 is 13.2 Å². The average molecular weight is 363 g/mol. The Morgan fingerprint density at radius 3 is 2.85 bits per heavy atom. The average Bonchev–Trinajstić information content (AvgIpc) is 2.39. The minimum atomic E-state index is -3.52. The topological polar surface area (TPSA) is 67.4 Å². The summed E-state index contributed by atoms with van der Waals surface area (Å²) in [4.78, 5) is 0.267. The van der Waals surface area contributed by atoms with Crippen LogP contribution >= 0.6 is 15.9 Å². The van der Waals surface area contributed by atoms with Crippen LogP contribution in [-0.4, -0.2) is 34.7 Å². The second-order valence-corrected chi connectivity index (χ2v) is 7.37. The fraction of sp³-hybridized carbons (Fsp3) is 0.538. The van der Waals surface area contributed by atoms with E-state index in [1.165, 1.54) is 0 Å². The second-order valence-electron chi connectivity index (χ2n) is 4.83. The van der Waals surface area contributed by atoms with E-state index in [1.54, 1.807) is 6.07 Å². The van der Waals surface area contributed by atoms with E-state index in [9.17, 15) is 8.42 Å². The van der Waals surface area contributed by atoms with Gasteiger partial charge in [0.2, 0.25) is 10.0 Å². The SMILES string of the molecule is CNCc1ccc(S(=O)(=O)NC2CCCOC2)c(Br)c1. The molecule has 1 aliphatic heterocycles. The first-order chi connectivity index (χ1) is 9.53. The maximum Gasteiger partial charge on any atom is 0.242 e. The summed E-state index contributed by atoms with van der Waals surface area (Å²) in [6, 6.07) is 5.12. The van der Waals surface area contributed by atoms with E-state index < -0.39 is 10.0 Å². The maximum atomic E-state index is 12.4. The monoisotopic (exact) mass is 362 g/mol. The summed E-state index contributed by atoms with van der Waals surface area (Å²) in [5.41, 5.74) is 1.03. The predicted octanol–water partition coefficient (Wildman–Crippen LogP) is 1.63. The molecular weight excluding hydrogens is 344 g/mol. The summed E-state index contributed by atoms with van der Waals surface area (Å²) in [6.07, 6.45) is 1.70. The van der Waals surface area contributed by atoms with Crippen LogP contribution in [0.3, 0.4) is 0 Å². The van der Waals surface area contributed by atoms with Gasteiger partial charge in [-0.25, -0.2) is 13.1 Å². The first-order valence-electron chi connectivity index (χ1n) is 6.56. The normalized spacial score (nSPS) is 20.0. The van der Waals surface area contributed by atoms with Gasteiger partial charge < -0.3 is 10.1 Å². The summed E-state index contributed by atoms with van der Waals surface area (Å²) >= 11 is 3.34. The lowest BCUT2D eigenvalue weighted by Crippen LogP contribution is -2.40. The highest BCUT2D eigenvalue weighted by Crippen LogP contribution is 2.24. The zero-order chi connectivity index (χ0) is 14.6. The molecule has 0 bridgehead atoms. The molecule has 2 rings (SSSR count). The zero-order valence-corrected chi connectivity index (χ0v) is 13.8. The second kappa shape index (κ2) is 7.00. The smallest absolute Gasteiger partial charge is 0.242 e. The molecule has 1 aromatic carbocycles. The Morgan fingerprint density at radius 2 is 2.25 bits per heavy atom. The van der Waals surface area contributed by atoms with E-state index in [-0.39, 0.29) is 10.9 Å². The third-order valence-electron chi connectivity index (χ3n) is 3.15. The van der Waals surface area contributed by atoms with E-state index in [0.29, 0.717) is 24.2 Å². The van der Waals surface area contributed by atoms with Crippen molar-refractivity contribution in [2.75, 3.05) is 20.3 Å². The Hall–Kier alpha value is -0.470. The number of ether oxygens (including phenoxy) is 1. The number of rotatable bonds is 5. The molecule has 1 heterocycles. The highest BCUT2D eigenvalue weighted by Gasteiger charge is 2.24. The van der Waals surface area contributed by atoms with Crippen LogP contribution in [0, 0.1) is 0 Å². The molecule has 1 atom stereocenters. The molecule has 5 nitrogen and oxygen atoms in total. The fourth-order valence-electron chi connectivity index (χ4n) is 2.19. The molecule has 0 spiro atoms. The summed E-state index contributed by atoms with van der Waals surface area (Å²) < 4.78 is 33.3. The summed E-state index contributed by atoms with van der Waals surface area (Å²) in [5.74, 6) is 0. The van der Waals surface area contributed by atoms with Gasteiger partial charge in [0.1, 0.15) is 0 Å². The van der Waals surface area contributed by atoms with Gasteiger partial charge in [0.05, 0.1) is 11.5 Å². The maximum absolute atomic E-state index is 12.4. The van der Waals surface area contributed by atoms with Crippen LogP contribution in [0.2, 0.25) is 0 Å². The van der Waals surface area contributed by atoms with E-state index in [0.717, 1.165) is 18.4 Å². The van der Waals surface area contributed by atoms with Crippen LogP contribution in [0.25, 0.3) is 0 Å². The lowest BCUT2D eigenvalue weighted by Gasteiger charge is -2.23. The lowest BCUT2D eigenvalue weighted by molar-refractivity contribution is 0.0774. The summed E-state index contributed by atoms with van der Waals surface area (Å²) in [7, 11) is -1.67. The number of hydrogen-bond acceptors (Lipinski definition) is 4. The number of halogens is 1. The van der Waals surface area contributed by atoms with Crippen LogP contribution < -0.4 is 10.0 Å². The number of sulfonamides is 1. The van der Waals surface area contributed by atoms with Crippen molar-refractivity contribution in [3.63, 3.8) is 0 Å².